The molecule has 9 heteroatoms. The third kappa shape index (κ3) is 4.71. The molecule has 0 fully saturated rings. The van der Waals surface area contributed by atoms with Crippen molar-refractivity contribution in [1.82, 2.24) is 35.4 Å². The maximum absolute atomic E-state index is 14.5. The van der Waals surface area contributed by atoms with Crippen LogP contribution >= 0.6 is 0 Å². The Bertz CT molecular complexity index is 1620. The molecule has 0 spiro atoms. The minimum Gasteiger partial charge on any atom is -0.492 e. The standard InChI is InChI=1S/C28H28FN7O/c1-36(2)10-11-37-20-13-18(12-19(29)14-20)21-4-3-5-23-26(21)33-28(32-23)27-22-15-24(17-6-8-30-9-7-17)31-16-25(22)34-35-27/h3-6,12-16,30H,7-11H2,1-2H3,(H,32,33)(H,34,35). The zero-order valence-electron chi connectivity index (χ0n) is 20.8. The fraction of sp³-hybridized carbons (Fsp3) is 0.250. The predicted molar refractivity (Wildman–Crippen MR) is 144 cm³/mol. The first kappa shape index (κ1) is 23.3. The quantitative estimate of drug-likeness (QED) is 0.304. The van der Waals surface area contributed by atoms with E-state index in [1.165, 1.54) is 17.7 Å². The van der Waals surface area contributed by atoms with Crippen molar-refractivity contribution >= 4 is 27.5 Å². The number of benzene rings is 2. The molecule has 0 atom stereocenters. The van der Waals surface area contributed by atoms with Crippen LogP contribution in [0.3, 0.4) is 0 Å². The monoisotopic (exact) mass is 497 g/mol. The van der Waals surface area contributed by atoms with Gasteiger partial charge in [0.1, 0.15) is 23.9 Å². The smallest absolute Gasteiger partial charge is 0.159 e. The second-order valence-corrected chi connectivity index (χ2v) is 9.49. The molecule has 1 aliphatic heterocycles. The van der Waals surface area contributed by atoms with Gasteiger partial charge >= 0.3 is 0 Å². The normalized spacial score (nSPS) is 14.0. The lowest BCUT2D eigenvalue weighted by molar-refractivity contribution is 0.260. The molecule has 0 saturated carbocycles. The van der Waals surface area contributed by atoms with Crippen molar-refractivity contribution < 1.29 is 9.13 Å². The van der Waals surface area contributed by atoms with E-state index in [1.807, 2.05) is 49.5 Å². The maximum atomic E-state index is 14.5. The Morgan fingerprint density at radius 1 is 1.11 bits per heavy atom. The molecule has 188 valence electrons. The van der Waals surface area contributed by atoms with E-state index in [4.69, 9.17) is 9.72 Å². The SMILES string of the molecule is CN(C)CCOc1cc(F)cc(-c2cccc3[nH]c(-c4n[nH]c5cnc(C6=CCNCC6)cc45)nc23)c1. The Labute approximate surface area is 213 Å². The first-order chi connectivity index (χ1) is 18.0. The van der Waals surface area contributed by atoms with Crippen molar-refractivity contribution in [3.05, 3.63) is 66.2 Å². The van der Waals surface area contributed by atoms with E-state index < -0.39 is 0 Å². The molecule has 5 aromatic rings. The van der Waals surface area contributed by atoms with E-state index in [1.54, 1.807) is 0 Å². The van der Waals surface area contributed by atoms with Crippen molar-refractivity contribution in [2.45, 2.75) is 6.42 Å². The van der Waals surface area contributed by atoms with Crippen molar-refractivity contribution in [3.63, 3.8) is 0 Å². The number of nitrogens with zero attached hydrogens (tertiary/aromatic N) is 4. The molecule has 0 aliphatic carbocycles. The van der Waals surface area contributed by atoms with Crippen molar-refractivity contribution in [3.8, 4) is 28.4 Å². The Kier molecular flexibility index (Phi) is 6.15. The zero-order valence-corrected chi connectivity index (χ0v) is 20.8. The fourth-order valence-corrected chi connectivity index (χ4v) is 4.65. The van der Waals surface area contributed by atoms with Crippen molar-refractivity contribution in [1.29, 1.82) is 0 Å². The van der Waals surface area contributed by atoms with E-state index in [0.29, 0.717) is 23.7 Å². The van der Waals surface area contributed by atoms with Crippen LogP contribution in [-0.4, -0.2) is 70.4 Å². The molecule has 0 amide bonds. The summed E-state index contributed by atoms with van der Waals surface area (Å²) < 4.78 is 20.4. The zero-order chi connectivity index (χ0) is 25.4. The van der Waals surface area contributed by atoms with E-state index in [9.17, 15) is 4.39 Å². The van der Waals surface area contributed by atoms with Crippen LogP contribution in [0.1, 0.15) is 12.1 Å². The maximum Gasteiger partial charge on any atom is 0.159 e. The van der Waals surface area contributed by atoms with Crippen LogP contribution in [-0.2, 0) is 0 Å². The first-order valence-corrected chi connectivity index (χ1v) is 12.4. The summed E-state index contributed by atoms with van der Waals surface area (Å²) in [6, 6.07) is 12.7. The number of rotatable bonds is 7. The number of H-pyrrole nitrogens is 2. The van der Waals surface area contributed by atoms with Gasteiger partial charge in [-0.25, -0.2) is 9.37 Å². The van der Waals surface area contributed by atoms with Crippen molar-refractivity contribution in [2.24, 2.45) is 0 Å². The molecular weight excluding hydrogens is 469 g/mol. The molecule has 6 rings (SSSR count). The number of nitrogens with one attached hydrogen (secondary N) is 3. The van der Waals surface area contributed by atoms with E-state index in [-0.39, 0.29) is 5.82 Å². The summed E-state index contributed by atoms with van der Waals surface area (Å²) in [5.41, 5.74) is 6.87. The Morgan fingerprint density at radius 2 is 2.03 bits per heavy atom. The van der Waals surface area contributed by atoms with Crippen LogP contribution in [0.4, 0.5) is 4.39 Å². The van der Waals surface area contributed by atoms with E-state index in [2.05, 4.69) is 37.6 Å². The van der Waals surface area contributed by atoms with Crippen LogP contribution in [0.5, 0.6) is 5.75 Å². The number of likely N-dealkylation sites (N-methyl/N-ethyl adjacent to an activating group) is 1. The van der Waals surface area contributed by atoms with Crippen LogP contribution in [0.25, 0.3) is 50.2 Å². The third-order valence-electron chi connectivity index (χ3n) is 6.57. The topological polar surface area (TPSA) is 94.8 Å². The summed E-state index contributed by atoms with van der Waals surface area (Å²) in [7, 11) is 3.95. The summed E-state index contributed by atoms with van der Waals surface area (Å²) in [6.45, 7) is 3.01. The summed E-state index contributed by atoms with van der Waals surface area (Å²) in [6.07, 6.45) is 4.94. The highest BCUT2D eigenvalue weighted by atomic mass is 19.1. The molecule has 1 aliphatic rings. The molecule has 3 N–H and O–H groups in total. The van der Waals surface area contributed by atoms with Gasteiger partial charge in [0.25, 0.3) is 0 Å². The van der Waals surface area contributed by atoms with Gasteiger partial charge in [-0.15, -0.1) is 0 Å². The molecule has 0 radical (unpaired) electrons. The molecule has 8 nitrogen and oxygen atoms in total. The Morgan fingerprint density at radius 3 is 2.86 bits per heavy atom. The number of pyridine rings is 1. The van der Waals surface area contributed by atoms with Gasteiger partial charge in [0.05, 0.1) is 28.4 Å². The molecule has 0 unspecified atom stereocenters. The Hall–Kier alpha value is -4.08. The van der Waals surface area contributed by atoms with Gasteiger partial charge in [0.15, 0.2) is 5.82 Å². The third-order valence-corrected chi connectivity index (χ3v) is 6.57. The highest BCUT2D eigenvalue weighted by molar-refractivity contribution is 5.97. The van der Waals surface area contributed by atoms with Gasteiger partial charge in [-0.2, -0.15) is 5.10 Å². The number of imidazole rings is 1. The first-order valence-electron chi connectivity index (χ1n) is 12.4. The number of hydrogen-bond acceptors (Lipinski definition) is 6. The van der Waals surface area contributed by atoms with Gasteiger partial charge < -0.3 is 19.9 Å². The number of aromatic nitrogens is 5. The number of ether oxygens (including phenoxy) is 1. The number of fused-ring (bicyclic) bond motifs is 2. The van der Waals surface area contributed by atoms with Gasteiger partial charge in [-0.1, -0.05) is 18.2 Å². The molecule has 4 heterocycles. The molecule has 2 aromatic carbocycles. The van der Waals surface area contributed by atoms with Gasteiger partial charge in [0, 0.05) is 30.1 Å². The summed E-state index contributed by atoms with van der Waals surface area (Å²) in [5, 5.41) is 11.9. The minimum atomic E-state index is -0.351. The summed E-state index contributed by atoms with van der Waals surface area (Å²) in [4.78, 5) is 15.0. The number of para-hydroxylation sites is 1. The lowest BCUT2D eigenvalue weighted by Crippen LogP contribution is -2.20. The van der Waals surface area contributed by atoms with Crippen LogP contribution in [0.2, 0.25) is 0 Å². The molecule has 0 saturated heterocycles. The second-order valence-electron chi connectivity index (χ2n) is 9.49. The average molecular weight is 498 g/mol. The predicted octanol–water partition coefficient (Wildman–Crippen LogP) is 4.62. The largest absolute Gasteiger partial charge is 0.492 e. The molecule has 0 bridgehead atoms. The molecule has 37 heavy (non-hydrogen) atoms. The van der Waals surface area contributed by atoms with Gasteiger partial charge in [0.2, 0.25) is 0 Å². The van der Waals surface area contributed by atoms with E-state index >= 15 is 0 Å². The number of aromatic amines is 2. The van der Waals surface area contributed by atoms with Crippen molar-refractivity contribution in [2.75, 3.05) is 40.3 Å². The minimum absolute atomic E-state index is 0.351. The highest BCUT2D eigenvalue weighted by Crippen LogP contribution is 2.34. The highest BCUT2D eigenvalue weighted by Gasteiger charge is 2.17. The summed E-state index contributed by atoms with van der Waals surface area (Å²) >= 11 is 0. The van der Waals surface area contributed by atoms with Gasteiger partial charge in [-0.3, -0.25) is 10.1 Å². The lowest BCUT2D eigenvalue weighted by atomic mass is 10.0. The number of halogens is 1. The van der Waals surface area contributed by atoms with Crippen LogP contribution < -0.4 is 10.1 Å². The average Bonchev–Trinajstić information content (AvgIpc) is 3.52. The molecular formula is C28H28FN7O. The molecule has 3 aromatic heterocycles. The lowest BCUT2D eigenvalue weighted by Gasteiger charge is -2.13. The second kappa shape index (κ2) is 9.76. The number of hydrogen-bond donors (Lipinski definition) is 3. The van der Waals surface area contributed by atoms with Gasteiger partial charge in [-0.05, 0) is 62.5 Å². The van der Waals surface area contributed by atoms with Crippen LogP contribution in [0, 0.1) is 5.82 Å². The Balaban J connectivity index is 1.39. The van der Waals surface area contributed by atoms with Crippen LogP contribution in [0.15, 0.2) is 54.7 Å². The summed E-state index contributed by atoms with van der Waals surface area (Å²) in [5.74, 6) is 0.787. The van der Waals surface area contributed by atoms with E-state index in [0.717, 1.165) is 64.9 Å². The fourth-order valence-electron chi connectivity index (χ4n) is 4.65.